The van der Waals surface area contributed by atoms with Crippen LogP contribution in [0.5, 0.6) is 0 Å². The minimum Gasteiger partial charge on any atom is -0.398 e. The Hall–Kier alpha value is -2.58. The van der Waals surface area contributed by atoms with Crippen molar-refractivity contribution in [2.45, 2.75) is 65.6 Å². The van der Waals surface area contributed by atoms with Crippen molar-refractivity contribution in [3.63, 3.8) is 0 Å². The van der Waals surface area contributed by atoms with Crippen LogP contribution in [0.1, 0.15) is 64.3 Å². The van der Waals surface area contributed by atoms with E-state index in [0.717, 1.165) is 28.7 Å². The van der Waals surface area contributed by atoms with Gasteiger partial charge in [-0.2, -0.15) is 10.1 Å². The number of halogens is 1. The van der Waals surface area contributed by atoms with Crippen LogP contribution in [-0.2, 0) is 6.54 Å². The highest BCUT2D eigenvalue weighted by molar-refractivity contribution is 6.31. The summed E-state index contributed by atoms with van der Waals surface area (Å²) in [5, 5.41) is 21.7. The number of benzene rings is 1. The van der Waals surface area contributed by atoms with E-state index in [1.807, 2.05) is 29.8 Å². The molecule has 1 atom stereocenters. The Morgan fingerprint density at radius 2 is 1.94 bits per heavy atom. The van der Waals surface area contributed by atoms with E-state index in [0.29, 0.717) is 29.0 Å². The molecule has 3 rings (SSSR count). The molecule has 2 heterocycles. The number of aliphatic hydroxyl groups excluding tert-OH is 1. The molecule has 0 saturated heterocycles. The zero-order valence-corrected chi connectivity index (χ0v) is 19.5. The van der Waals surface area contributed by atoms with Crippen molar-refractivity contribution >= 4 is 40.1 Å². The third kappa shape index (κ3) is 4.85. The van der Waals surface area contributed by atoms with Crippen molar-refractivity contribution in [1.82, 2.24) is 19.7 Å². The minimum atomic E-state index is -0.132. The summed E-state index contributed by atoms with van der Waals surface area (Å²) >= 11 is 6.37. The fraction of sp³-hybridized carbons (Fsp3) is 0.500. The van der Waals surface area contributed by atoms with E-state index in [2.05, 4.69) is 38.3 Å². The average Bonchev–Trinajstić information content (AvgIpc) is 3.12. The first-order valence-corrected chi connectivity index (χ1v) is 11.1. The summed E-state index contributed by atoms with van der Waals surface area (Å²) in [6, 6.07) is 5.47. The van der Waals surface area contributed by atoms with Gasteiger partial charge in [-0.05, 0) is 38.3 Å². The van der Waals surface area contributed by atoms with Crippen molar-refractivity contribution in [3.05, 3.63) is 34.5 Å². The van der Waals surface area contributed by atoms with Crippen molar-refractivity contribution in [3.8, 4) is 0 Å². The van der Waals surface area contributed by atoms with Crippen LogP contribution >= 0.6 is 11.6 Å². The SMILES string of the molecule is CCC(CO)Nc1nc(NCc2c(N)cccc2Cl)c2c(n1)c(C(C)C)nn2C(C)C. The topological polar surface area (TPSA) is 114 Å². The molecule has 2 aromatic heterocycles. The zero-order valence-electron chi connectivity index (χ0n) is 18.8. The molecule has 31 heavy (non-hydrogen) atoms. The van der Waals surface area contributed by atoms with Crippen molar-refractivity contribution in [1.29, 1.82) is 0 Å². The molecule has 0 amide bonds. The van der Waals surface area contributed by atoms with Crippen LogP contribution in [0.25, 0.3) is 11.0 Å². The van der Waals surface area contributed by atoms with Crippen LogP contribution < -0.4 is 16.4 Å². The predicted octanol–water partition coefficient (Wildman–Crippen LogP) is 4.56. The third-order valence-corrected chi connectivity index (χ3v) is 5.60. The number of anilines is 3. The van der Waals surface area contributed by atoms with E-state index in [9.17, 15) is 5.11 Å². The molecule has 1 aromatic carbocycles. The molecule has 1 unspecified atom stereocenters. The van der Waals surface area contributed by atoms with E-state index >= 15 is 0 Å². The van der Waals surface area contributed by atoms with Gasteiger partial charge in [0, 0.05) is 28.9 Å². The van der Waals surface area contributed by atoms with Crippen molar-refractivity contribution < 1.29 is 5.11 Å². The maximum absolute atomic E-state index is 9.62. The van der Waals surface area contributed by atoms with Gasteiger partial charge in [-0.1, -0.05) is 38.4 Å². The van der Waals surface area contributed by atoms with Gasteiger partial charge in [0.1, 0.15) is 11.0 Å². The Labute approximate surface area is 188 Å². The van der Waals surface area contributed by atoms with Gasteiger partial charge >= 0.3 is 0 Å². The monoisotopic (exact) mass is 445 g/mol. The highest BCUT2D eigenvalue weighted by Gasteiger charge is 2.22. The lowest BCUT2D eigenvalue weighted by molar-refractivity contribution is 0.271. The number of hydrogen-bond acceptors (Lipinski definition) is 7. The molecular weight excluding hydrogens is 414 g/mol. The number of rotatable bonds is 9. The lowest BCUT2D eigenvalue weighted by atomic mass is 10.1. The standard InChI is InChI=1S/C22H32ClN7O/c1-6-14(11-31)26-22-27-19-18(12(2)3)29-30(13(4)5)20(19)21(28-22)25-10-15-16(23)8-7-9-17(15)24/h7-9,12-14,31H,6,10-11,24H2,1-5H3,(H2,25,26,27,28). The van der Waals surface area contributed by atoms with Gasteiger partial charge in [-0.3, -0.25) is 4.68 Å². The smallest absolute Gasteiger partial charge is 0.225 e. The first-order valence-electron chi connectivity index (χ1n) is 10.7. The van der Waals surface area contributed by atoms with Crippen LogP contribution in [0.15, 0.2) is 18.2 Å². The first-order chi connectivity index (χ1) is 14.8. The lowest BCUT2D eigenvalue weighted by Crippen LogP contribution is -2.24. The number of nitrogens with zero attached hydrogens (tertiary/aromatic N) is 4. The molecule has 0 fully saturated rings. The molecule has 0 aliphatic rings. The van der Waals surface area contributed by atoms with E-state index in [-0.39, 0.29) is 24.6 Å². The molecule has 8 nitrogen and oxygen atoms in total. The van der Waals surface area contributed by atoms with E-state index in [4.69, 9.17) is 32.4 Å². The summed E-state index contributed by atoms with van der Waals surface area (Å²) in [6.45, 7) is 10.8. The van der Waals surface area contributed by atoms with Gasteiger partial charge in [-0.15, -0.1) is 0 Å². The van der Waals surface area contributed by atoms with Crippen molar-refractivity contribution in [2.24, 2.45) is 0 Å². The largest absolute Gasteiger partial charge is 0.398 e. The van der Waals surface area contributed by atoms with Crippen LogP contribution in [-0.4, -0.2) is 37.5 Å². The Kier molecular flexibility index (Phi) is 7.23. The molecule has 0 radical (unpaired) electrons. The Balaban J connectivity index is 2.13. The van der Waals surface area contributed by atoms with E-state index in [1.165, 1.54) is 0 Å². The maximum Gasteiger partial charge on any atom is 0.225 e. The summed E-state index contributed by atoms with van der Waals surface area (Å²) in [7, 11) is 0. The second kappa shape index (κ2) is 9.70. The zero-order chi connectivity index (χ0) is 22.7. The number of fused-ring (bicyclic) bond motifs is 1. The normalized spacial score (nSPS) is 12.7. The molecule has 3 aromatic rings. The molecule has 5 N–H and O–H groups in total. The van der Waals surface area contributed by atoms with E-state index in [1.54, 1.807) is 0 Å². The maximum atomic E-state index is 9.62. The molecule has 0 aliphatic heterocycles. The number of aromatic nitrogens is 4. The highest BCUT2D eigenvalue weighted by atomic mass is 35.5. The van der Waals surface area contributed by atoms with Crippen LogP contribution in [0.2, 0.25) is 5.02 Å². The average molecular weight is 446 g/mol. The van der Waals surface area contributed by atoms with Crippen LogP contribution in [0.4, 0.5) is 17.5 Å². The minimum absolute atomic E-state index is 0.000883. The molecule has 0 aliphatic carbocycles. The summed E-state index contributed by atoms with van der Waals surface area (Å²) in [5.41, 5.74) is 10.1. The third-order valence-electron chi connectivity index (χ3n) is 5.24. The molecule has 0 bridgehead atoms. The summed E-state index contributed by atoms with van der Waals surface area (Å²) in [4.78, 5) is 9.52. The number of nitrogen functional groups attached to an aromatic ring is 1. The number of nitrogens with one attached hydrogen (secondary N) is 2. The quantitative estimate of drug-likeness (QED) is 0.357. The fourth-order valence-electron chi connectivity index (χ4n) is 3.41. The van der Waals surface area contributed by atoms with Gasteiger partial charge in [0.05, 0.1) is 18.3 Å². The second-order valence-electron chi connectivity index (χ2n) is 8.26. The van der Waals surface area contributed by atoms with E-state index < -0.39 is 0 Å². The first kappa shape index (κ1) is 23.1. The van der Waals surface area contributed by atoms with Crippen LogP contribution in [0, 0.1) is 0 Å². The van der Waals surface area contributed by atoms with Crippen LogP contribution in [0.3, 0.4) is 0 Å². The van der Waals surface area contributed by atoms with Gasteiger partial charge < -0.3 is 21.5 Å². The van der Waals surface area contributed by atoms with Gasteiger partial charge in [0.15, 0.2) is 5.82 Å². The van der Waals surface area contributed by atoms with Gasteiger partial charge in [0.2, 0.25) is 5.95 Å². The van der Waals surface area contributed by atoms with Crippen molar-refractivity contribution in [2.75, 3.05) is 23.0 Å². The molecule has 168 valence electrons. The number of nitrogens with two attached hydrogens (primary N) is 1. The van der Waals surface area contributed by atoms with Gasteiger partial charge in [0.25, 0.3) is 0 Å². The summed E-state index contributed by atoms with van der Waals surface area (Å²) < 4.78 is 1.95. The molecule has 0 saturated carbocycles. The lowest BCUT2D eigenvalue weighted by Gasteiger charge is -2.17. The number of hydrogen-bond donors (Lipinski definition) is 4. The Morgan fingerprint density at radius 1 is 1.19 bits per heavy atom. The number of aliphatic hydroxyl groups is 1. The Bertz CT molecular complexity index is 1020. The fourth-order valence-corrected chi connectivity index (χ4v) is 3.66. The second-order valence-corrected chi connectivity index (χ2v) is 8.67. The highest BCUT2D eigenvalue weighted by Crippen LogP contribution is 2.32. The molecule has 9 heteroatoms. The summed E-state index contributed by atoms with van der Waals surface area (Å²) in [5.74, 6) is 1.29. The molecular formula is C22H32ClN7O. The molecule has 0 spiro atoms. The Morgan fingerprint density at radius 3 is 2.52 bits per heavy atom. The predicted molar refractivity (Wildman–Crippen MR) is 128 cm³/mol. The summed E-state index contributed by atoms with van der Waals surface area (Å²) in [6.07, 6.45) is 0.749. The van der Waals surface area contributed by atoms with Gasteiger partial charge in [-0.25, -0.2) is 4.98 Å².